The molecule has 3 nitrogen and oxygen atoms in total. The normalized spacial score (nSPS) is 14.3. The van der Waals surface area contributed by atoms with Crippen LogP contribution in [0.1, 0.15) is 36.1 Å². The van der Waals surface area contributed by atoms with Crippen LogP contribution in [-0.4, -0.2) is 20.8 Å². The van der Waals surface area contributed by atoms with Gasteiger partial charge in [0.25, 0.3) is 0 Å². The molecular weight excluding hydrogens is 226 g/mol. The van der Waals surface area contributed by atoms with Gasteiger partial charge in [0.1, 0.15) is 5.75 Å². The number of aryl methyl sites for hydroxylation is 2. The minimum atomic E-state index is -0.00861. The van der Waals surface area contributed by atoms with Crippen LogP contribution in [0.15, 0.2) is 12.1 Å². The van der Waals surface area contributed by atoms with Crippen molar-refractivity contribution in [1.29, 1.82) is 0 Å². The third-order valence-corrected chi connectivity index (χ3v) is 3.19. The summed E-state index contributed by atoms with van der Waals surface area (Å²) < 4.78 is 10.6. The van der Waals surface area contributed by atoms with Gasteiger partial charge in [0, 0.05) is 25.3 Å². The van der Waals surface area contributed by atoms with Crippen LogP contribution in [0.25, 0.3) is 0 Å². The highest BCUT2D eigenvalue weighted by Gasteiger charge is 2.17. The Bertz CT molecular complexity index is 390. The van der Waals surface area contributed by atoms with Gasteiger partial charge in [-0.1, -0.05) is 13.0 Å². The summed E-state index contributed by atoms with van der Waals surface area (Å²) in [6.07, 6.45) is 0.897. The average molecular weight is 251 g/mol. The zero-order valence-corrected chi connectivity index (χ0v) is 12.1. The van der Waals surface area contributed by atoms with Crippen LogP contribution in [0.4, 0.5) is 0 Å². The number of nitrogens with two attached hydrogens (primary N) is 1. The van der Waals surface area contributed by atoms with Crippen molar-refractivity contribution < 1.29 is 9.47 Å². The van der Waals surface area contributed by atoms with E-state index in [1.165, 1.54) is 11.1 Å². The molecule has 0 fully saturated rings. The summed E-state index contributed by atoms with van der Waals surface area (Å²) in [7, 11) is 3.42. The lowest BCUT2D eigenvalue weighted by Gasteiger charge is -2.21. The third kappa shape index (κ3) is 3.72. The van der Waals surface area contributed by atoms with Crippen LogP contribution in [-0.2, 0) is 4.74 Å². The average Bonchev–Trinajstić information content (AvgIpc) is 2.27. The molecule has 102 valence electrons. The predicted octanol–water partition coefficient (Wildman–Crippen LogP) is 2.98. The van der Waals surface area contributed by atoms with Gasteiger partial charge in [-0.05, 0) is 43.4 Å². The highest BCUT2D eigenvalue weighted by atomic mass is 16.5. The van der Waals surface area contributed by atoms with Gasteiger partial charge >= 0.3 is 0 Å². The lowest BCUT2D eigenvalue weighted by molar-refractivity contribution is 0.152. The van der Waals surface area contributed by atoms with E-state index in [0.717, 1.165) is 24.3 Å². The molecule has 0 spiro atoms. The topological polar surface area (TPSA) is 44.5 Å². The first kappa shape index (κ1) is 15.0. The van der Waals surface area contributed by atoms with Crippen LogP contribution in [0, 0.1) is 19.8 Å². The van der Waals surface area contributed by atoms with Crippen LogP contribution < -0.4 is 10.5 Å². The largest absolute Gasteiger partial charge is 0.496 e. The highest BCUT2D eigenvalue weighted by Crippen LogP contribution is 2.32. The van der Waals surface area contributed by atoms with E-state index < -0.39 is 0 Å². The molecule has 0 aliphatic carbocycles. The van der Waals surface area contributed by atoms with E-state index in [-0.39, 0.29) is 6.04 Å². The fourth-order valence-corrected chi connectivity index (χ4v) is 2.49. The van der Waals surface area contributed by atoms with Crippen molar-refractivity contribution in [2.75, 3.05) is 20.8 Å². The Kier molecular flexibility index (Phi) is 5.63. The number of hydrogen-bond acceptors (Lipinski definition) is 3. The molecule has 1 aromatic rings. The van der Waals surface area contributed by atoms with Gasteiger partial charge in [-0.25, -0.2) is 0 Å². The number of ether oxygens (including phenoxy) is 2. The molecule has 0 aliphatic heterocycles. The van der Waals surface area contributed by atoms with Crippen molar-refractivity contribution in [3.63, 3.8) is 0 Å². The number of hydrogen-bond donors (Lipinski definition) is 1. The maximum Gasteiger partial charge on any atom is 0.124 e. The zero-order chi connectivity index (χ0) is 13.7. The fourth-order valence-electron chi connectivity index (χ4n) is 2.49. The Morgan fingerprint density at radius 1 is 1.22 bits per heavy atom. The Labute approximate surface area is 110 Å². The summed E-state index contributed by atoms with van der Waals surface area (Å²) in [6.45, 7) is 7.05. The zero-order valence-electron chi connectivity index (χ0n) is 12.1. The molecule has 1 rings (SSSR count). The van der Waals surface area contributed by atoms with Gasteiger partial charge in [-0.15, -0.1) is 0 Å². The first-order valence-electron chi connectivity index (χ1n) is 6.39. The number of benzene rings is 1. The van der Waals surface area contributed by atoms with Gasteiger partial charge in [0.15, 0.2) is 0 Å². The smallest absolute Gasteiger partial charge is 0.124 e. The van der Waals surface area contributed by atoms with Crippen molar-refractivity contribution in [3.8, 4) is 5.75 Å². The molecule has 2 N–H and O–H groups in total. The molecule has 0 saturated carbocycles. The van der Waals surface area contributed by atoms with Crippen LogP contribution in [0.3, 0.4) is 0 Å². The molecular formula is C15H25NO2. The van der Waals surface area contributed by atoms with Gasteiger partial charge in [0.2, 0.25) is 0 Å². The Morgan fingerprint density at radius 2 is 1.89 bits per heavy atom. The number of methoxy groups -OCH3 is 2. The standard InChI is InChI=1S/C15H25NO2/c1-10-6-12(3)15(14(8-10)18-5)13(16)7-11(2)9-17-4/h6,8,11,13H,7,9,16H2,1-5H3. The van der Waals surface area contributed by atoms with Gasteiger partial charge < -0.3 is 15.2 Å². The maximum absolute atomic E-state index is 6.32. The molecule has 0 saturated heterocycles. The monoisotopic (exact) mass is 251 g/mol. The molecule has 18 heavy (non-hydrogen) atoms. The molecule has 0 amide bonds. The summed E-state index contributed by atoms with van der Waals surface area (Å²) in [4.78, 5) is 0. The molecule has 0 bridgehead atoms. The van der Waals surface area contributed by atoms with Gasteiger partial charge in [0.05, 0.1) is 7.11 Å². The molecule has 2 unspecified atom stereocenters. The second-order valence-electron chi connectivity index (χ2n) is 5.10. The Hall–Kier alpha value is -1.06. The van der Waals surface area contributed by atoms with Crippen LogP contribution in [0.2, 0.25) is 0 Å². The van der Waals surface area contributed by atoms with Crippen molar-refractivity contribution in [3.05, 3.63) is 28.8 Å². The van der Waals surface area contributed by atoms with E-state index >= 15 is 0 Å². The first-order chi connectivity index (χ1) is 8.49. The van der Waals surface area contributed by atoms with Crippen molar-refractivity contribution >= 4 is 0 Å². The highest BCUT2D eigenvalue weighted by molar-refractivity contribution is 5.44. The fraction of sp³-hybridized carbons (Fsp3) is 0.600. The minimum absolute atomic E-state index is 0.00861. The molecule has 2 atom stereocenters. The summed E-state index contributed by atoms with van der Waals surface area (Å²) in [5.41, 5.74) is 9.83. The molecule has 3 heteroatoms. The quantitative estimate of drug-likeness (QED) is 0.845. The predicted molar refractivity (Wildman–Crippen MR) is 75.1 cm³/mol. The van der Waals surface area contributed by atoms with E-state index in [9.17, 15) is 0 Å². The molecule has 0 radical (unpaired) electrons. The van der Waals surface area contributed by atoms with Gasteiger partial charge in [-0.3, -0.25) is 0 Å². The van der Waals surface area contributed by atoms with Crippen molar-refractivity contribution in [2.24, 2.45) is 11.7 Å². The molecule has 0 aliphatic rings. The number of rotatable bonds is 6. The van der Waals surface area contributed by atoms with Crippen LogP contribution in [0.5, 0.6) is 5.75 Å². The summed E-state index contributed by atoms with van der Waals surface area (Å²) in [5, 5.41) is 0. The van der Waals surface area contributed by atoms with Crippen molar-refractivity contribution in [1.82, 2.24) is 0 Å². The van der Waals surface area contributed by atoms with Gasteiger partial charge in [-0.2, -0.15) is 0 Å². The first-order valence-corrected chi connectivity index (χ1v) is 6.39. The van der Waals surface area contributed by atoms with Crippen LogP contribution >= 0.6 is 0 Å². The van der Waals surface area contributed by atoms with E-state index in [1.54, 1.807) is 14.2 Å². The Morgan fingerprint density at radius 3 is 2.44 bits per heavy atom. The van der Waals surface area contributed by atoms with E-state index in [2.05, 4.69) is 26.8 Å². The van der Waals surface area contributed by atoms with E-state index in [1.807, 2.05) is 6.07 Å². The molecule has 0 heterocycles. The SMILES string of the molecule is COCC(C)CC(N)c1c(C)cc(C)cc1OC. The van der Waals surface area contributed by atoms with E-state index in [4.69, 9.17) is 15.2 Å². The second-order valence-corrected chi connectivity index (χ2v) is 5.10. The molecule has 1 aromatic carbocycles. The maximum atomic E-state index is 6.32. The van der Waals surface area contributed by atoms with Crippen molar-refractivity contribution in [2.45, 2.75) is 33.2 Å². The lowest BCUT2D eigenvalue weighted by atomic mass is 9.92. The second kappa shape index (κ2) is 6.76. The third-order valence-electron chi connectivity index (χ3n) is 3.19. The minimum Gasteiger partial charge on any atom is -0.496 e. The summed E-state index contributed by atoms with van der Waals surface area (Å²) >= 11 is 0. The van der Waals surface area contributed by atoms with E-state index in [0.29, 0.717) is 5.92 Å². The Balaban J connectivity index is 2.94. The molecule has 0 aromatic heterocycles. The summed E-state index contributed by atoms with van der Waals surface area (Å²) in [5.74, 6) is 1.33. The lowest BCUT2D eigenvalue weighted by Crippen LogP contribution is -2.18. The summed E-state index contributed by atoms with van der Waals surface area (Å²) in [6, 6.07) is 4.19.